The quantitative estimate of drug-likeness (QED) is 0.629. The van der Waals surface area contributed by atoms with Crippen LogP contribution in [-0.4, -0.2) is 17.0 Å². The predicted molar refractivity (Wildman–Crippen MR) is 63.1 cm³/mol. The van der Waals surface area contributed by atoms with Crippen molar-refractivity contribution < 1.29 is 4.92 Å². The lowest BCUT2D eigenvalue weighted by atomic mass is 9.90. The standard InChI is InChI=1S/C12H16N2O2/c15-14(16)12-9-5-4-8-11(12)13-10-6-2-1-3-7-10/h1-3,6-7,11-13H,4-5,8-9H2/t11-,12-/m0/s1. The fourth-order valence-electron chi connectivity index (χ4n) is 2.28. The first-order valence-electron chi connectivity index (χ1n) is 5.72. The second-order valence-corrected chi connectivity index (χ2v) is 4.25. The third-order valence-corrected chi connectivity index (χ3v) is 3.13. The zero-order chi connectivity index (χ0) is 11.4. The van der Waals surface area contributed by atoms with Crippen LogP contribution in [0.25, 0.3) is 0 Å². The molecule has 0 amide bonds. The summed E-state index contributed by atoms with van der Waals surface area (Å²) >= 11 is 0. The molecule has 1 N–H and O–H groups in total. The second-order valence-electron chi connectivity index (χ2n) is 4.25. The predicted octanol–water partition coefficient (Wildman–Crippen LogP) is 2.69. The molecule has 1 aromatic rings. The van der Waals surface area contributed by atoms with Crippen molar-refractivity contribution in [3.05, 3.63) is 40.4 Å². The number of nitrogens with zero attached hydrogens (tertiary/aromatic N) is 1. The molecule has 0 aliphatic heterocycles. The number of anilines is 1. The molecule has 0 aromatic heterocycles. The van der Waals surface area contributed by atoms with Gasteiger partial charge in [-0.1, -0.05) is 24.6 Å². The van der Waals surface area contributed by atoms with Crippen molar-refractivity contribution in [2.75, 3.05) is 5.32 Å². The van der Waals surface area contributed by atoms with Gasteiger partial charge in [0.1, 0.15) is 0 Å². The summed E-state index contributed by atoms with van der Waals surface area (Å²) in [4.78, 5) is 10.8. The summed E-state index contributed by atoms with van der Waals surface area (Å²) in [6.07, 6.45) is 3.63. The van der Waals surface area contributed by atoms with Crippen molar-refractivity contribution in [1.82, 2.24) is 0 Å². The van der Waals surface area contributed by atoms with Crippen molar-refractivity contribution in [3.63, 3.8) is 0 Å². The van der Waals surface area contributed by atoms with Gasteiger partial charge in [-0.3, -0.25) is 10.1 Å². The van der Waals surface area contributed by atoms with E-state index in [4.69, 9.17) is 0 Å². The molecule has 1 saturated carbocycles. The Balaban J connectivity index is 2.04. The van der Waals surface area contributed by atoms with Gasteiger partial charge < -0.3 is 5.32 Å². The van der Waals surface area contributed by atoms with Crippen LogP contribution in [-0.2, 0) is 0 Å². The van der Waals surface area contributed by atoms with Crippen LogP contribution in [0, 0.1) is 10.1 Å². The van der Waals surface area contributed by atoms with Gasteiger partial charge in [0, 0.05) is 17.0 Å². The fourth-order valence-corrected chi connectivity index (χ4v) is 2.28. The van der Waals surface area contributed by atoms with E-state index in [1.807, 2.05) is 30.3 Å². The van der Waals surface area contributed by atoms with E-state index >= 15 is 0 Å². The highest BCUT2D eigenvalue weighted by Crippen LogP contribution is 2.23. The van der Waals surface area contributed by atoms with Crippen molar-refractivity contribution in [1.29, 1.82) is 0 Å². The van der Waals surface area contributed by atoms with Gasteiger partial charge in [-0.2, -0.15) is 0 Å². The van der Waals surface area contributed by atoms with E-state index in [0.717, 1.165) is 24.9 Å². The molecule has 0 heterocycles. The average Bonchev–Trinajstić information content (AvgIpc) is 2.31. The Kier molecular flexibility index (Phi) is 3.39. The molecule has 0 saturated heterocycles. The highest BCUT2D eigenvalue weighted by molar-refractivity contribution is 5.43. The third kappa shape index (κ3) is 2.51. The minimum Gasteiger partial charge on any atom is -0.376 e. The highest BCUT2D eigenvalue weighted by atomic mass is 16.6. The summed E-state index contributed by atoms with van der Waals surface area (Å²) in [5, 5.41) is 14.2. The molecule has 0 bridgehead atoms. The van der Waals surface area contributed by atoms with E-state index in [2.05, 4.69) is 5.32 Å². The number of para-hydroxylation sites is 1. The maximum absolute atomic E-state index is 10.9. The second kappa shape index (κ2) is 4.96. The van der Waals surface area contributed by atoms with Gasteiger partial charge in [-0.25, -0.2) is 0 Å². The Labute approximate surface area is 94.8 Å². The molecular formula is C12H16N2O2. The van der Waals surface area contributed by atoms with Crippen LogP contribution in [0.1, 0.15) is 25.7 Å². The van der Waals surface area contributed by atoms with Crippen LogP contribution in [0.4, 0.5) is 5.69 Å². The number of benzene rings is 1. The van der Waals surface area contributed by atoms with Crippen LogP contribution >= 0.6 is 0 Å². The molecule has 16 heavy (non-hydrogen) atoms. The molecule has 1 aliphatic carbocycles. The molecule has 0 spiro atoms. The van der Waals surface area contributed by atoms with Crippen molar-refractivity contribution >= 4 is 5.69 Å². The van der Waals surface area contributed by atoms with Gasteiger partial charge in [0.05, 0.1) is 6.04 Å². The summed E-state index contributed by atoms with van der Waals surface area (Å²) < 4.78 is 0. The molecule has 2 rings (SSSR count). The van der Waals surface area contributed by atoms with Crippen LogP contribution in [0.3, 0.4) is 0 Å². The Morgan fingerprint density at radius 1 is 1.19 bits per heavy atom. The molecule has 4 heteroatoms. The molecule has 0 unspecified atom stereocenters. The molecule has 0 radical (unpaired) electrons. The van der Waals surface area contributed by atoms with Gasteiger partial charge in [0.25, 0.3) is 0 Å². The first kappa shape index (κ1) is 10.9. The number of hydrogen-bond donors (Lipinski definition) is 1. The summed E-state index contributed by atoms with van der Waals surface area (Å²) in [5.74, 6) is 0. The summed E-state index contributed by atoms with van der Waals surface area (Å²) in [7, 11) is 0. The zero-order valence-corrected chi connectivity index (χ0v) is 9.13. The van der Waals surface area contributed by atoms with E-state index < -0.39 is 6.04 Å². The van der Waals surface area contributed by atoms with Gasteiger partial charge in [0.15, 0.2) is 0 Å². The SMILES string of the molecule is O=[N+]([O-])[C@H]1CCCC[C@@H]1Nc1ccccc1. The molecule has 86 valence electrons. The minimum atomic E-state index is -0.436. The Bertz CT molecular complexity index is 353. The van der Waals surface area contributed by atoms with E-state index in [1.165, 1.54) is 0 Å². The molecular weight excluding hydrogens is 204 g/mol. The topological polar surface area (TPSA) is 55.2 Å². The summed E-state index contributed by atoms with van der Waals surface area (Å²) in [6.45, 7) is 0. The highest BCUT2D eigenvalue weighted by Gasteiger charge is 2.33. The van der Waals surface area contributed by atoms with E-state index in [9.17, 15) is 10.1 Å². The molecule has 1 aliphatic rings. The normalized spacial score (nSPS) is 25.0. The monoisotopic (exact) mass is 220 g/mol. The fraction of sp³-hybridized carbons (Fsp3) is 0.500. The van der Waals surface area contributed by atoms with Crippen LogP contribution < -0.4 is 5.32 Å². The van der Waals surface area contributed by atoms with Gasteiger partial charge in [0.2, 0.25) is 6.04 Å². The van der Waals surface area contributed by atoms with Crippen LogP contribution in [0.15, 0.2) is 30.3 Å². The first-order valence-corrected chi connectivity index (χ1v) is 5.72. The maximum Gasteiger partial charge on any atom is 0.232 e. The van der Waals surface area contributed by atoms with E-state index in [0.29, 0.717) is 6.42 Å². The minimum absolute atomic E-state index is 0.0221. The summed E-state index contributed by atoms with van der Waals surface area (Å²) in [6, 6.07) is 9.26. The number of rotatable bonds is 3. The van der Waals surface area contributed by atoms with E-state index in [-0.39, 0.29) is 11.0 Å². The summed E-state index contributed by atoms with van der Waals surface area (Å²) in [5.41, 5.74) is 0.973. The first-order chi connectivity index (χ1) is 7.77. The number of nitro groups is 1. The molecule has 4 nitrogen and oxygen atoms in total. The Hall–Kier alpha value is -1.58. The van der Waals surface area contributed by atoms with Crippen LogP contribution in [0.5, 0.6) is 0 Å². The lowest BCUT2D eigenvalue weighted by Gasteiger charge is -2.26. The average molecular weight is 220 g/mol. The largest absolute Gasteiger partial charge is 0.376 e. The van der Waals surface area contributed by atoms with Crippen LogP contribution in [0.2, 0.25) is 0 Å². The molecule has 2 atom stereocenters. The Morgan fingerprint density at radius 3 is 2.56 bits per heavy atom. The lowest BCUT2D eigenvalue weighted by molar-refractivity contribution is -0.527. The number of nitrogens with one attached hydrogen (secondary N) is 1. The molecule has 1 aromatic carbocycles. The smallest absolute Gasteiger partial charge is 0.232 e. The van der Waals surface area contributed by atoms with Gasteiger partial charge in [-0.05, 0) is 25.0 Å². The number of hydrogen-bond acceptors (Lipinski definition) is 3. The Morgan fingerprint density at radius 2 is 1.88 bits per heavy atom. The van der Waals surface area contributed by atoms with Gasteiger partial charge in [-0.15, -0.1) is 0 Å². The van der Waals surface area contributed by atoms with Crippen molar-refractivity contribution in [2.24, 2.45) is 0 Å². The van der Waals surface area contributed by atoms with Crippen molar-refractivity contribution in [3.8, 4) is 0 Å². The lowest BCUT2D eigenvalue weighted by Crippen LogP contribution is -2.41. The third-order valence-electron chi connectivity index (χ3n) is 3.13. The van der Waals surface area contributed by atoms with E-state index in [1.54, 1.807) is 0 Å². The maximum atomic E-state index is 10.9. The van der Waals surface area contributed by atoms with Crippen molar-refractivity contribution in [2.45, 2.75) is 37.8 Å². The zero-order valence-electron chi connectivity index (χ0n) is 9.13. The van der Waals surface area contributed by atoms with Gasteiger partial charge >= 0.3 is 0 Å². The molecule has 1 fully saturated rings.